The fraction of sp³-hybridized carbons (Fsp3) is 0.333. The van der Waals surface area contributed by atoms with Gasteiger partial charge in [-0.3, -0.25) is 4.79 Å². The second-order valence-electron chi connectivity index (χ2n) is 7.70. The number of hydrogen-bond donors (Lipinski definition) is 0. The molecule has 1 amide bonds. The molecular formula is C21H25N3O. The van der Waals surface area contributed by atoms with Gasteiger partial charge in [0.25, 0.3) is 5.91 Å². The van der Waals surface area contributed by atoms with Crippen LogP contribution in [0.15, 0.2) is 48.8 Å². The lowest BCUT2D eigenvalue weighted by Gasteiger charge is -2.20. The summed E-state index contributed by atoms with van der Waals surface area (Å²) in [4.78, 5) is 18.8. The molecule has 0 N–H and O–H groups in total. The average molecular weight is 335 g/mol. The quantitative estimate of drug-likeness (QED) is 0.719. The number of carbonyl (C=O) groups excluding carboxylic acids is 1. The SMILES string of the molecule is Cc1ccn2cc(C(=O)N(C)Cc3ccc(C(C)(C)C)cc3)nc2c1. The van der Waals surface area contributed by atoms with Crippen molar-refractivity contribution in [2.45, 2.75) is 39.7 Å². The third-order valence-corrected chi connectivity index (χ3v) is 4.42. The van der Waals surface area contributed by atoms with E-state index < -0.39 is 0 Å². The average Bonchev–Trinajstić information content (AvgIpc) is 2.96. The highest BCUT2D eigenvalue weighted by molar-refractivity contribution is 5.92. The van der Waals surface area contributed by atoms with Crippen molar-refractivity contribution in [3.05, 3.63) is 71.2 Å². The third kappa shape index (κ3) is 3.73. The molecule has 0 unspecified atom stereocenters. The summed E-state index contributed by atoms with van der Waals surface area (Å²) in [5, 5.41) is 0. The molecule has 0 aliphatic carbocycles. The molecule has 0 radical (unpaired) electrons. The highest BCUT2D eigenvalue weighted by Crippen LogP contribution is 2.22. The van der Waals surface area contributed by atoms with Crippen LogP contribution in [0.4, 0.5) is 0 Å². The van der Waals surface area contributed by atoms with Crippen LogP contribution >= 0.6 is 0 Å². The Balaban J connectivity index is 1.75. The van der Waals surface area contributed by atoms with Crippen LogP contribution in [0.5, 0.6) is 0 Å². The van der Waals surface area contributed by atoms with E-state index in [1.54, 1.807) is 11.1 Å². The number of nitrogens with zero attached hydrogens (tertiary/aromatic N) is 3. The first-order valence-corrected chi connectivity index (χ1v) is 8.54. The first kappa shape index (κ1) is 17.2. The molecule has 0 atom stereocenters. The number of benzene rings is 1. The normalized spacial score (nSPS) is 11.7. The molecule has 4 heteroatoms. The number of carbonyl (C=O) groups is 1. The summed E-state index contributed by atoms with van der Waals surface area (Å²) in [5.41, 5.74) is 4.94. The fourth-order valence-electron chi connectivity index (χ4n) is 2.84. The van der Waals surface area contributed by atoms with E-state index >= 15 is 0 Å². The number of imidazole rings is 1. The Morgan fingerprint density at radius 2 is 1.84 bits per heavy atom. The molecule has 25 heavy (non-hydrogen) atoms. The van der Waals surface area contributed by atoms with E-state index in [-0.39, 0.29) is 11.3 Å². The summed E-state index contributed by atoms with van der Waals surface area (Å²) in [6.45, 7) is 9.17. The Hall–Kier alpha value is -2.62. The Bertz CT molecular complexity index is 901. The molecule has 3 aromatic rings. The number of aromatic nitrogens is 2. The van der Waals surface area contributed by atoms with Crippen LogP contribution < -0.4 is 0 Å². The van der Waals surface area contributed by atoms with Gasteiger partial charge in [-0.15, -0.1) is 0 Å². The van der Waals surface area contributed by atoms with Gasteiger partial charge < -0.3 is 9.30 Å². The highest BCUT2D eigenvalue weighted by atomic mass is 16.2. The van der Waals surface area contributed by atoms with E-state index in [4.69, 9.17) is 0 Å². The van der Waals surface area contributed by atoms with Gasteiger partial charge in [0.15, 0.2) is 0 Å². The van der Waals surface area contributed by atoms with E-state index in [1.807, 2.05) is 36.7 Å². The zero-order valence-corrected chi connectivity index (χ0v) is 15.6. The Morgan fingerprint density at radius 1 is 1.16 bits per heavy atom. The summed E-state index contributed by atoms with van der Waals surface area (Å²) >= 11 is 0. The number of fused-ring (bicyclic) bond motifs is 1. The molecule has 0 saturated heterocycles. The monoisotopic (exact) mass is 335 g/mol. The molecular weight excluding hydrogens is 310 g/mol. The van der Waals surface area contributed by atoms with Gasteiger partial charge in [0.2, 0.25) is 0 Å². The van der Waals surface area contributed by atoms with Crippen LogP contribution in [0.2, 0.25) is 0 Å². The number of hydrogen-bond acceptors (Lipinski definition) is 2. The maximum Gasteiger partial charge on any atom is 0.274 e. The Morgan fingerprint density at radius 3 is 2.48 bits per heavy atom. The maximum atomic E-state index is 12.7. The molecule has 2 heterocycles. The first-order chi connectivity index (χ1) is 11.7. The molecule has 0 spiro atoms. The van der Waals surface area contributed by atoms with Crippen molar-refractivity contribution in [2.24, 2.45) is 0 Å². The summed E-state index contributed by atoms with van der Waals surface area (Å²) in [7, 11) is 1.81. The standard InChI is InChI=1S/C21H25N3O/c1-15-10-11-24-14-18(22-19(24)12-15)20(25)23(5)13-16-6-8-17(9-7-16)21(2,3)4/h6-12,14H,13H2,1-5H3. The topological polar surface area (TPSA) is 37.6 Å². The molecule has 2 aromatic heterocycles. The van der Waals surface area contributed by atoms with E-state index in [0.29, 0.717) is 12.2 Å². The van der Waals surface area contributed by atoms with Gasteiger partial charge in [-0.05, 0) is 41.2 Å². The van der Waals surface area contributed by atoms with Crippen LogP contribution in [0, 0.1) is 6.92 Å². The van der Waals surface area contributed by atoms with Gasteiger partial charge in [0.1, 0.15) is 11.3 Å². The second kappa shape index (κ2) is 6.36. The van der Waals surface area contributed by atoms with Crippen molar-refractivity contribution in [3.63, 3.8) is 0 Å². The van der Waals surface area contributed by atoms with Gasteiger partial charge >= 0.3 is 0 Å². The lowest BCUT2D eigenvalue weighted by molar-refractivity contribution is 0.0780. The van der Waals surface area contributed by atoms with Crippen molar-refractivity contribution in [1.82, 2.24) is 14.3 Å². The summed E-state index contributed by atoms with van der Waals surface area (Å²) in [6.07, 6.45) is 3.72. The summed E-state index contributed by atoms with van der Waals surface area (Å²) in [6, 6.07) is 12.4. The maximum absolute atomic E-state index is 12.7. The smallest absolute Gasteiger partial charge is 0.274 e. The zero-order chi connectivity index (χ0) is 18.2. The van der Waals surface area contributed by atoms with Gasteiger partial charge in [-0.2, -0.15) is 0 Å². The molecule has 3 rings (SSSR count). The van der Waals surface area contributed by atoms with E-state index in [9.17, 15) is 4.79 Å². The van der Waals surface area contributed by atoms with Crippen molar-refractivity contribution < 1.29 is 4.79 Å². The van der Waals surface area contributed by atoms with Crippen molar-refractivity contribution >= 4 is 11.6 Å². The van der Waals surface area contributed by atoms with E-state index in [1.165, 1.54) is 5.56 Å². The molecule has 0 aliphatic heterocycles. The van der Waals surface area contributed by atoms with Crippen molar-refractivity contribution in [3.8, 4) is 0 Å². The minimum atomic E-state index is -0.0683. The lowest BCUT2D eigenvalue weighted by Crippen LogP contribution is -2.26. The molecule has 1 aromatic carbocycles. The highest BCUT2D eigenvalue weighted by Gasteiger charge is 2.17. The van der Waals surface area contributed by atoms with Crippen LogP contribution in [-0.2, 0) is 12.0 Å². The van der Waals surface area contributed by atoms with Gasteiger partial charge in [0, 0.05) is 26.0 Å². The number of amides is 1. The largest absolute Gasteiger partial charge is 0.336 e. The zero-order valence-electron chi connectivity index (χ0n) is 15.6. The minimum Gasteiger partial charge on any atom is -0.336 e. The number of rotatable bonds is 3. The molecule has 130 valence electrons. The minimum absolute atomic E-state index is 0.0683. The first-order valence-electron chi connectivity index (χ1n) is 8.54. The Kier molecular flexibility index (Phi) is 4.38. The van der Waals surface area contributed by atoms with Crippen molar-refractivity contribution in [2.75, 3.05) is 7.05 Å². The summed E-state index contributed by atoms with van der Waals surface area (Å²) < 4.78 is 1.88. The Labute approximate surface area is 149 Å². The van der Waals surface area contributed by atoms with Crippen LogP contribution in [0.1, 0.15) is 48.0 Å². The van der Waals surface area contributed by atoms with Gasteiger partial charge in [-0.25, -0.2) is 4.98 Å². The predicted octanol–water partition coefficient (Wildman–Crippen LogP) is 4.21. The molecule has 0 bridgehead atoms. The number of pyridine rings is 1. The van der Waals surface area contributed by atoms with Crippen LogP contribution in [-0.4, -0.2) is 27.2 Å². The van der Waals surface area contributed by atoms with Crippen LogP contribution in [0.25, 0.3) is 5.65 Å². The van der Waals surface area contributed by atoms with Gasteiger partial charge in [-0.1, -0.05) is 45.0 Å². The van der Waals surface area contributed by atoms with E-state index in [0.717, 1.165) is 16.8 Å². The molecule has 0 fully saturated rings. The van der Waals surface area contributed by atoms with Crippen molar-refractivity contribution in [1.29, 1.82) is 0 Å². The fourth-order valence-corrected chi connectivity index (χ4v) is 2.84. The van der Waals surface area contributed by atoms with Crippen LogP contribution in [0.3, 0.4) is 0 Å². The molecule has 0 aliphatic rings. The number of aryl methyl sites for hydroxylation is 1. The second-order valence-corrected chi connectivity index (χ2v) is 7.70. The third-order valence-electron chi connectivity index (χ3n) is 4.42. The van der Waals surface area contributed by atoms with Gasteiger partial charge in [0.05, 0.1) is 0 Å². The van der Waals surface area contributed by atoms with E-state index in [2.05, 4.69) is 50.0 Å². The summed E-state index contributed by atoms with van der Waals surface area (Å²) in [5.74, 6) is -0.0683. The lowest BCUT2D eigenvalue weighted by atomic mass is 9.87. The predicted molar refractivity (Wildman–Crippen MR) is 101 cm³/mol. The molecule has 4 nitrogen and oxygen atoms in total. The molecule has 0 saturated carbocycles.